The molecule has 0 atom stereocenters. The third-order valence-corrected chi connectivity index (χ3v) is 3.17. The molecule has 0 heterocycles. The summed E-state index contributed by atoms with van der Waals surface area (Å²) in [5.74, 6) is -2.45. The van der Waals surface area contributed by atoms with Crippen LogP contribution in [0.4, 0.5) is 8.78 Å². The Kier molecular flexibility index (Phi) is 3.73. The Morgan fingerprint density at radius 2 is 1.82 bits per heavy atom. The van der Waals surface area contributed by atoms with Gasteiger partial charge >= 0.3 is 0 Å². The number of hydrogen-bond acceptors (Lipinski definition) is 1. The minimum atomic E-state index is -2.45. The molecular formula is C6H11BrClF2N. The maximum atomic E-state index is 12.3. The zero-order valence-corrected chi connectivity index (χ0v) is 8.35. The van der Waals surface area contributed by atoms with E-state index in [9.17, 15) is 8.78 Å². The summed E-state index contributed by atoms with van der Waals surface area (Å²) in [7, 11) is 0. The average Bonchev–Trinajstić information content (AvgIpc) is 1.82. The largest absolute Gasteiger partial charge is 0.330 e. The Morgan fingerprint density at radius 1 is 1.36 bits per heavy atom. The lowest BCUT2D eigenvalue weighted by atomic mass is 9.67. The minimum Gasteiger partial charge on any atom is -0.330 e. The van der Waals surface area contributed by atoms with Crippen molar-refractivity contribution in [3.8, 4) is 0 Å². The number of hydrogen-bond donors (Lipinski definition) is 1. The number of nitrogens with two attached hydrogens (primary N) is 1. The van der Waals surface area contributed by atoms with Crippen molar-refractivity contribution in [1.82, 2.24) is 0 Å². The lowest BCUT2D eigenvalue weighted by Gasteiger charge is -2.45. The van der Waals surface area contributed by atoms with E-state index in [1.807, 2.05) is 0 Å². The smallest absolute Gasteiger partial charge is 0.249 e. The second kappa shape index (κ2) is 3.54. The summed E-state index contributed by atoms with van der Waals surface area (Å²) in [6.45, 7) is 0.355. The average molecular weight is 251 g/mol. The maximum Gasteiger partial charge on any atom is 0.249 e. The molecule has 0 spiro atoms. The van der Waals surface area contributed by atoms with Crippen molar-refractivity contribution in [2.45, 2.75) is 18.8 Å². The summed E-state index contributed by atoms with van der Waals surface area (Å²) < 4.78 is 24.7. The molecule has 0 aromatic rings. The zero-order valence-electron chi connectivity index (χ0n) is 5.95. The molecule has 1 fully saturated rings. The highest BCUT2D eigenvalue weighted by Crippen LogP contribution is 2.52. The summed E-state index contributed by atoms with van der Waals surface area (Å²) in [5, 5.41) is 0.589. The van der Waals surface area contributed by atoms with Gasteiger partial charge in [-0.25, -0.2) is 8.78 Å². The van der Waals surface area contributed by atoms with Crippen LogP contribution >= 0.6 is 28.3 Å². The Hall–Kier alpha value is 0.590. The van der Waals surface area contributed by atoms with Crippen molar-refractivity contribution >= 4 is 28.3 Å². The highest BCUT2D eigenvalue weighted by atomic mass is 79.9. The number of rotatable bonds is 2. The van der Waals surface area contributed by atoms with Gasteiger partial charge in [0.15, 0.2) is 0 Å². The molecule has 1 saturated carbocycles. The van der Waals surface area contributed by atoms with E-state index in [2.05, 4.69) is 15.9 Å². The summed E-state index contributed by atoms with van der Waals surface area (Å²) in [6, 6.07) is 0. The zero-order chi connectivity index (χ0) is 7.83. The molecule has 11 heavy (non-hydrogen) atoms. The molecule has 1 aliphatic rings. The van der Waals surface area contributed by atoms with Gasteiger partial charge in [-0.3, -0.25) is 0 Å². The van der Waals surface area contributed by atoms with Gasteiger partial charge in [-0.1, -0.05) is 15.9 Å². The van der Waals surface area contributed by atoms with Gasteiger partial charge in [0, 0.05) is 23.6 Å². The van der Waals surface area contributed by atoms with Gasteiger partial charge in [-0.15, -0.1) is 12.4 Å². The van der Waals surface area contributed by atoms with Crippen molar-refractivity contribution in [2.75, 3.05) is 11.9 Å². The summed E-state index contributed by atoms with van der Waals surface area (Å²) in [4.78, 5) is 0. The molecule has 5 heteroatoms. The third-order valence-electron chi connectivity index (χ3n) is 1.98. The van der Waals surface area contributed by atoms with Crippen LogP contribution in [0.3, 0.4) is 0 Å². The third kappa shape index (κ3) is 2.26. The van der Waals surface area contributed by atoms with E-state index in [1.165, 1.54) is 0 Å². The fourth-order valence-corrected chi connectivity index (χ4v) is 1.96. The first-order valence-electron chi connectivity index (χ1n) is 3.17. The van der Waals surface area contributed by atoms with Gasteiger partial charge in [0.05, 0.1) is 0 Å². The van der Waals surface area contributed by atoms with Crippen molar-refractivity contribution in [1.29, 1.82) is 0 Å². The van der Waals surface area contributed by atoms with Crippen LogP contribution in [0.1, 0.15) is 12.8 Å². The van der Waals surface area contributed by atoms with E-state index >= 15 is 0 Å². The monoisotopic (exact) mass is 249 g/mol. The van der Waals surface area contributed by atoms with Gasteiger partial charge in [0.2, 0.25) is 5.92 Å². The SMILES string of the molecule is Cl.NCC1(CBr)CC(F)(F)C1. The van der Waals surface area contributed by atoms with Crippen molar-refractivity contribution in [3.63, 3.8) is 0 Å². The Labute approximate surface area is 79.2 Å². The predicted molar refractivity (Wildman–Crippen MR) is 46.7 cm³/mol. The standard InChI is InChI=1S/C6H10BrF2N.ClH/c7-3-5(4-10)1-6(8,9)2-5;/h1-4,10H2;1H. The fraction of sp³-hybridized carbons (Fsp3) is 1.00. The number of alkyl halides is 3. The van der Waals surface area contributed by atoms with E-state index in [0.29, 0.717) is 11.9 Å². The first-order valence-corrected chi connectivity index (χ1v) is 4.30. The maximum absolute atomic E-state index is 12.3. The van der Waals surface area contributed by atoms with Crippen molar-refractivity contribution < 1.29 is 8.78 Å². The van der Waals surface area contributed by atoms with Gasteiger partial charge in [0.1, 0.15) is 0 Å². The second-order valence-corrected chi connectivity index (χ2v) is 3.61. The number of halogens is 4. The normalized spacial score (nSPS) is 25.1. The molecular weight excluding hydrogens is 239 g/mol. The van der Waals surface area contributed by atoms with Crippen LogP contribution in [0.25, 0.3) is 0 Å². The van der Waals surface area contributed by atoms with Gasteiger partial charge in [0.25, 0.3) is 0 Å². The van der Waals surface area contributed by atoms with Gasteiger partial charge < -0.3 is 5.73 Å². The summed E-state index contributed by atoms with van der Waals surface area (Å²) >= 11 is 3.18. The van der Waals surface area contributed by atoms with Gasteiger partial charge in [-0.2, -0.15) is 0 Å². The Morgan fingerprint density at radius 3 is 1.91 bits per heavy atom. The van der Waals surface area contributed by atoms with E-state index in [1.54, 1.807) is 0 Å². The molecule has 0 aliphatic heterocycles. The van der Waals surface area contributed by atoms with Crippen LogP contribution in [0.15, 0.2) is 0 Å². The summed E-state index contributed by atoms with van der Waals surface area (Å²) in [5.41, 5.74) is 5.02. The van der Waals surface area contributed by atoms with E-state index in [0.717, 1.165) is 0 Å². The first kappa shape index (κ1) is 11.6. The van der Waals surface area contributed by atoms with E-state index in [4.69, 9.17) is 5.73 Å². The highest BCUT2D eigenvalue weighted by molar-refractivity contribution is 9.09. The predicted octanol–water partition coefficient (Wildman–Crippen LogP) is 2.18. The molecule has 1 nitrogen and oxygen atoms in total. The van der Waals surface area contributed by atoms with Crippen LogP contribution in [0.2, 0.25) is 0 Å². The van der Waals surface area contributed by atoms with Crippen molar-refractivity contribution in [2.24, 2.45) is 11.1 Å². The molecule has 1 rings (SSSR count). The molecule has 0 radical (unpaired) electrons. The van der Waals surface area contributed by atoms with Crippen LogP contribution < -0.4 is 5.73 Å². The molecule has 0 aromatic carbocycles. The van der Waals surface area contributed by atoms with E-state index < -0.39 is 5.92 Å². The fourth-order valence-electron chi connectivity index (χ4n) is 1.34. The molecule has 0 bridgehead atoms. The topological polar surface area (TPSA) is 26.0 Å². The molecule has 0 aromatic heterocycles. The first-order chi connectivity index (χ1) is 4.54. The molecule has 68 valence electrons. The molecule has 2 N–H and O–H groups in total. The molecule has 0 unspecified atom stereocenters. The lowest BCUT2D eigenvalue weighted by Crippen LogP contribution is -2.51. The molecule has 0 saturated heterocycles. The van der Waals surface area contributed by atoms with Crippen LogP contribution in [0.5, 0.6) is 0 Å². The summed E-state index contributed by atoms with van der Waals surface area (Å²) in [6.07, 6.45) is -0.108. The van der Waals surface area contributed by atoms with Crippen molar-refractivity contribution in [3.05, 3.63) is 0 Å². The second-order valence-electron chi connectivity index (χ2n) is 3.05. The van der Waals surface area contributed by atoms with E-state index in [-0.39, 0.29) is 30.7 Å². The molecule has 0 amide bonds. The Bertz CT molecular complexity index is 129. The highest BCUT2D eigenvalue weighted by Gasteiger charge is 2.54. The Balaban J connectivity index is 0.000001000. The molecule has 1 aliphatic carbocycles. The van der Waals surface area contributed by atoms with Crippen LogP contribution in [-0.2, 0) is 0 Å². The van der Waals surface area contributed by atoms with Crippen LogP contribution in [-0.4, -0.2) is 17.8 Å². The lowest BCUT2D eigenvalue weighted by molar-refractivity contribution is -0.147. The van der Waals surface area contributed by atoms with Gasteiger partial charge in [-0.05, 0) is 6.54 Å². The minimum absolute atomic E-state index is 0. The van der Waals surface area contributed by atoms with Crippen LogP contribution in [0, 0.1) is 5.41 Å². The quantitative estimate of drug-likeness (QED) is 0.747.